The maximum absolute atomic E-state index is 11.1. The molecule has 0 aliphatic carbocycles. The number of ketones is 1. The minimum Gasteiger partial charge on any atom is -0.319 e. The number of Topliss-reactive ketones (excluding diaryl/α,β-unsaturated/α-hetero) is 1. The molecular weight excluding hydrogens is 190 g/mol. The quantitative estimate of drug-likeness (QED) is 0.638. The molecule has 0 amide bonds. The third kappa shape index (κ3) is 6.72. The summed E-state index contributed by atoms with van der Waals surface area (Å²) in [5.74, 6) is 0.115. The number of rotatable bonds is 7. The highest BCUT2D eigenvalue weighted by Crippen LogP contribution is 1.96. The van der Waals surface area contributed by atoms with Crippen LogP contribution in [0.2, 0.25) is 0 Å². The average Bonchev–Trinajstić information content (AvgIpc) is 2.11. The zero-order valence-corrected chi connectivity index (χ0v) is 8.99. The molecule has 0 aliphatic rings. The van der Waals surface area contributed by atoms with E-state index in [-0.39, 0.29) is 23.7 Å². The van der Waals surface area contributed by atoms with Gasteiger partial charge in [0.25, 0.3) is 0 Å². The van der Waals surface area contributed by atoms with Gasteiger partial charge >= 0.3 is 0 Å². The van der Waals surface area contributed by atoms with Gasteiger partial charge in [0.05, 0.1) is 5.75 Å². The molecule has 4 nitrogen and oxygen atoms in total. The Morgan fingerprint density at radius 2 is 1.92 bits per heavy atom. The van der Waals surface area contributed by atoms with Crippen LogP contribution in [0.3, 0.4) is 0 Å². The Hall–Kier alpha value is -0.420. The molecule has 0 unspecified atom stereocenters. The Labute approximate surface area is 79.6 Å². The molecule has 0 atom stereocenters. The van der Waals surface area contributed by atoms with Crippen molar-refractivity contribution in [1.29, 1.82) is 0 Å². The second-order valence-corrected chi connectivity index (χ2v) is 5.35. The molecule has 0 spiro atoms. The largest absolute Gasteiger partial charge is 0.319 e. The van der Waals surface area contributed by atoms with Crippen LogP contribution in [0.15, 0.2) is 0 Å². The van der Waals surface area contributed by atoms with E-state index in [9.17, 15) is 13.2 Å². The number of hydrogen-bond donors (Lipinski definition) is 1. The lowest BCUT2D eigenvalue weighted by molar-refractivity contribution is -0.118. The zero-order chi connectivity index (χ0) is 10.3. The maximum Gasteiger partial charge on any atom is 0.150 e. The van der Waals surface area contributed by atoms with E-state index in [0.29, 0.717) is 13.0 Å². The first-order valence-electron chi connectivity index (χ1n) is 4.38. The Bertz CT molecular complexity index is 246. The third-order valence-electron chi connectivity index (χ3n) is 1.79. The highest BCUT2D eigenvalue weighted by Gasteiger charge is 2.10. The van der Waals surface area contributed by atoms with Crippen LogP contribution in [0.5, 0.6) is 0 Å². The van der Waals surface area contributed by atoms with Crippen molar-refractivity contribution < 1.29 is 13.2 Å². The molecule has 0 saturated carbocycles. The number of carbonyl (C=O) groups excluding carboxylic acids is 1. The van der Waals surface area contributed by atoms with Crippen LogP contribution in [0.25, 0.3) is 0 Å². The van der Waals surface area contributed by atoms with Crippen LogP contribution >= 0.6 is 0 Å². The topological polar surface area (TPSA) is 63.2 Å². The van der Waals surface area contributed by atoms with E-state index in [2.05, 4.69) is 5.32 Å². The molecule has 0 aliphatic heterocycles. The van der Waals surface area contributed by atoms with Crippen LogP contribution in [0.4, 0.5) is 0 Å². The molecular formula is C8H17NO3S. The van der Waals surface area contributed by atoms with Crippen molar-refractivity contribution in [2.45, 2.75) is 19.8 Å². The third-order valence-corrected chi connectivity index (χ3v) is 3.49. The first-order chi connectivity index (χ1) is 6.02. The molecule has 0 aromatic rings. The monoisotopic (exact) mass is 207 g/mol. The lowest BCUT2D eigenvalue weighted by Gasteiger charge is -2.00. The molecule has 0 rings (SSSR count). The summed E-state index contributed by atoms with van der Waals surface area (Å²) in [5.41, 5.74) is 0. The van der Waals surface area contributed by atoms with Gasteiger partial charge in [-0.1, -0.05) is 6.92 Å². The SMILES string of the molecule is CCS(=O)(=O)CCC(=O)CCNC. The minimum absolute atomic E-state index is 0.00590. The molecule has 0 bridgehead atoms. The minimum atomic E-state index is -2.98. The summed E-state index contributed by atoms with van der Waals surface area (Å²) < 4.78 is 22.0. The summed E-state index contributed by atoms with van der Waals surface area (Å²) in [4.78, 5) is 11.1. The van der Waals surface area contributed by atoms with Gasteiger partial charge in [-0.3, -0.25) is 4.79 Å². The van der Waals surface area contributed by atoms with Crippen molar-refractivity contribution in [3.63, 3.8) is 0 Å². The molecule has 1 N–H and O–H groups in total. The Morgan fingerprint density at radius 1 is 1.31 bits per heavy atom. The summed E-state index contributed by atoms with van der Waals surface area (Å²) in [6, 6.07) is 0. The van der Waals surface area contributed by atoms with E-state index in [4.69, 9.17) is 0 Å². The standard InChI is InChI=1S/C8H17NO3S/c1-3-13(11,12)7-5-8(10)4-6-9-2/h9H,3-7H2,1-2H3. The highest BCUT2D eigenvalue weighted by atomic mass is 32.2. The van der Waals surface area contributed by atoms with Crippen molar-refractivity contribution in [3.8, 4) is 0 Å². The van der Waals surface area contributed by atoms with Gasteiger partial charge in [-0.2, -0.15) is 0 Å². The van der Waals surface area contributed by atoms with Crippen molar-refractivity contribution in [3.05, 3.63) is 0 Å². The summed E-state index contributed by atoms with van der Waals surface area (Å²) in [6.45, 7) is 2.21. The molecule has 5 heteroatoms. The van der Waals surface area contributed by atoms with Gasteiger partial charge in [-0.05, 0) is 7.05 Å². The second-order valence-electron chi connectivity index (χ2n) is 2.88. The molecule has 0 fully saturated rings. The number of nitrogens with one attached hydrogen (secondary N) is 1. The fourth-order valence-electron chi connectivity index (χ4n) is 0.803. The smallest absolute Gasteiger partial charge is 0.150 e. The van der Waals surface area contributed by atoms with E-state index < -0.39 is 9.84 Å². The van der Waals surface area contributed by atoms with E-state index >= 15 is 0 Å². The van der Waals surface area contributed by atoms with Gasteiger partial charge in [0.15, 0.2) is 0 Å². The number of carbonyl (C=O) groups is 1. The van der Waals surface area contributed by atoms with Crippen LogP contribution in [0.1, 0.15) is 19.8 Å². The van der Waals surface area contributed by atoms with Crippen molar-refractivity contribution in [2.24, 2.45) is 0 Å². The van der Waals surface area contributed by atoms with Crippen LogP contribution in [-0.4, -0.2) is 39.3 Å². The van der Waals surface area contributed by atoms with E-state index in [1.54, 1.807) is 14.0 Å². The maximum atomic E-state index is 11.1. The van der Waals surface area contributed by atoms with Gasteiger partial charge in [0, 0.05) is 25.1 Å². The first kappa shape index (κ1) is 12.6. The average molecular weight is 207 g/mol. The molecule has 0 aromatic carbocycles. The lowest BCUT2D eigenvalue weighted by atomic mass is 10.2. The molecule has 0 saturated heterocycles. The Balaban J connectivity index is 3.71. The van der Waals surface area contributed by atoms with Gasteiger partial charge in [0.2, 0.25) is 0 Å². The molecule has 0 aromatic heterocycles. The van der Waals surface area contributed by atoms with Crippen LogP contribution in [0, 0.1) is 0 Å². The van der Waals surface area contributed by atoms with Gasteiger partial charge in [-0.15, -0.1) is 0 Å². The Morgan fingerprint density at radius 3 is 2.38 bits per heavy atom. The molecule has 0 radical (unpaired) electrons. The fraction of sp³-hybridized carbons (Fsp3) is 0.875. The van der Waals surface area contributed by atoms with Crippen LogP contribution < -0.4 is 5.32 Å². The summed E-state index contributed by atoms with van der Waals surface area (Å²) >= 11 is 0. The second kappa shape index (κ2) is 6.10. The highest BCUT2D eigenvalue weighted by molar-refractivity contribution is 7.91. The van der Waals surface area contributed by atoms with Gasteiger partial charge in [-0.25, -0.2) is 8.42 Å². The van der Waals surface area contributed by atoms with Gasteiger partial charge in [0.1, 0.15) is 15.6 Å². The van der Waals surface area contributed by atoms with E-state index in [1.165, 1.54) is 0 Å². The Kier molecular flexibility index (Phi) is 5.90. The lowest BCUT2D eigenvalue weighted by Crippen LogP contribution is -2.17. The molecule has 13 heavy (non-hydrogen) atoms. The number of sulfone groups is 1. The summed E-state index contributed by atoms with van der Waals surface area (Å²) in [7, 11) is -1.22. The van der Waals surface area contributed by atoms with E-state index in [0.717, 1.165) is 0 Å². The normalized spacial score (nSPS) is 11.5. The summed E-state index contributed by atoms with van der Waals surface area (Å²) in [5, 5.41) is 2.84. The number of hydrogen-bond acceptors (Lipinski definition) is 4. The fourth-order valence-corrected chi connectivity index (χ4v) is 1.63. The van der Waals surface area contributed by atoms with Gasteiger partial charge < -0.3 is 5.32 Å². The van der Waals surface area contributed by atoms with Crippen LogP contribution in [-0.2, 0) is 14.6 Å². The predicted molar refractivity (Wildman–Crippen MR) is 52.5 cm³/mol. The molecule has 0 heterocycles. The summed E-state index contributed by atoms with van der Waals surface area (Å²) in [6.07, 6.45) is 0.563. The van der Waals surface area contributed by atoms with Crippen molar-refractivity contribution >= 4 is 15.6 Å². The zero-order valence-electron chi connectivity index (χ0n) is 8.17. The predicted octanol–water partition coefficient (Wildman–Crippen LogP) is -0.0102. The molecule has 78 valence electrons. The van der Waals surface area contributed by atoms with Crippen molar-refractivity contribution in [2.75, 3.05) is 25.1 Å². The van der Waals surface area contributed by atoms with E-state index in [1.807, 2.05) is 0 Å². The first-order valence-corrected chi connectivity index (χ1v) is 6.20. The van der Waals surface area contributed by atoms with Crippen molar-refractivity contribution in [1.82, 2.24) is 5.32 Å².